The Morgan fingerprint density at radius 1 is 1.22 bits per heavy atom. The predicted octanol–water partition coefficient (Wildman–Crippen LogP) is 4.46. The third-order valence-electron chi connectivity index (χ3n) is 7.02. The first-order chi connectivity index (χ1) is 19.5. The first-order valence-electron chi connectivity index (χ1n) is 13.6. The van der Waals surface area contributed by atoms with Gasteiger partial charge in [-0.05, 0) is 52.2 Å². The van der Waals surface area contributed by atoms with E-state index in [-0.39, 0.29) is 52.2 Å². The molecular formula is C28H31FN8O4. The monoisotopic (exact) mass is 562 g/mol. The number of Topliss-reactive ketones (excluding diaryl/α,β-unsaturated/α-hetero) is 1. The first kappa shape index (κ1) is 26.7. The van der Waals surface area contributed by atoms with Gasteiger partial charge >= 0.3 is 6.09 Å². The number of amides is 1. The van der Waals surface area contributed by atoms with Crippen LogP contribution in [0, 0.1) is 5.92 Å². The number of ether oxygens (including phenoxy) is 1. The standard InChI is InChI=1S/C28H31FN8O4/c1-28(2,3)41-27(40)34(4)24-14-22(32-25-18(15-30-37(24)25)21(38)13-16-12-19(16)29)31-20-6-5-10-35(26(20)39)23-9-11-36(33-23)17-7-8-17/h5-6,9-11,14-17,19H,7-8,12-13H2,1-4H3,(H,31,32)/t16-,19-/m0/s1. The molecule has 2 fully saturated rings. The fourth-order valence-electron chi connectivity index (χ4n) is 4.55. The Bertz CT molecular complexity index is 1710. The summed E-state index contributed by atoms with van der Waals surface area (Å²) in [7, 11) is 1.51. The molecule has 2 saturated carbocycles. The second kappa shape index (κ2) is 9.82. The van der Waals surface area contributed by atoms with Crippen LogP contribution in [-0.4, -0.2) is 59.6 Å². The van der Waals surface area contributed by atoms with E-state index in [1.807, 2.05) is 10.9 Å². The lowest BCUT2D eigenvalue weighted by atomic mass is 10.1. The molecule has 0 aromatic carbocycles. The van der Waals surface area contributed by atoms with Crippen molar-refractivity contribution in [1.82, 2.24) is 28.9 Å². The third kappa shape index (κ3) is 5.43. The largest absolute Gasteiger partial charge is 0.443 e. The van der Waals surface area contributed by atoms with E-state index in [0.717, 1.165) is 12.8 Å². The van der Waals surface area contributed by atoms with Gasteiger partial charge < -0.3 is 10.1 Å². The Morgan fingerprint density at radius 3 is 2.66 bits per heavy atom. The van der Waals surface area contributed by atoms with E-state index in [9.17, 15) is 18.8 Å². The summed E-state index contributed by atoms with van der Waals surface area (Å²) >= 11 is 0. The number of rotatable bonds is 8. The molecule has 2 atom stereocenters. The number of nitrogens with one attached hydrogen (secondary N) is 1. The molecule has 6 rings (SSSR count). The lowest BCUT2D eigenvalue weighted by molar-refractivity contribution is 0.0587. The normalized spacial score (nSPS) is 18.4. The number of hydrogen-bond donors (Lipinski definition) is 1. The van der Waals surface area contributed by atoms with Crippen LogP contribution in [0.3, 0.4) is 0 Å². The molecule has 0 aliphatic heterocycles. The number of aromatic nitrogens is 6. The van der Waals surface area contributed by atoms with Crippen molar-refractivity contribution in [3.63, 3.8) is 0 Å². The number of carbonyl (C=O) groups is 2. The summed E-state index contributed by atoms with van der Waals surface area (Å²) in [5.74, 6) is 0.336. The predicted molar refractivity (Wildman–Crippen MR) is 149 cm³/mol. The van der Waals surface area contributed by atoms with Crippen LogP contribution in [0.15, 0.2) is 47.7 Å². The van der Waals surface area contributed by atoms with E-state index >= 15 is 0 Å². The number of pyridine rings is 1. The van der Waals surface area contributed by atoms with Crippen molar-refractivity contribution in [2.24, 2.45) is 5.92 Å². The van der Waals surface area contributed by atoms with E-state index in [4.69, 9.17) is 4.74 Å². The zero-order valence-corrected chi connectivity index (χ0v) is 23.2. The molecule has 4 heterocycles. The van der Waals surface area contributed by atoms with E-state index in [1.165, 1.54) is 33.3 Å². The van der Waals surface area contributed by atoms with Crippen molar-refractivity contribution >= 4 is 34.8 Å². The van der Waals surface area contributed by atoms with Crippen LogP contribution in [0.5, 0.6) is 0 Å². The number of halogens is 1. The fraction of sp³-hybridized carbons (Fsp3) is 0.429. The summed E-state index contributed by atoms with van der Waals surface area (Å²) in [4.78, 5) is 45.3. The molecule has 41 heavy (non-hydrogen) atoms. The molecule has 0 radical (unpaired) electrons. The number of alkyl halides is 1. The highest BCUT2D eigenvalue weighted by Crippen LogP contribution is 2.38. The van der Waals surface area contributed by atoms with Crippen LogP contribution in [0.1, 0.15) is 62.9 Å². The van der Waals surface area contributed by atoms with Gasteiger partial charge in [-0.3, -0.25) is 23.7 Å². The Morgan fingerprint density at radius 2 is 1.98 bits per heavy atom. The second-order valence-corrected chi connectivity index (χ2v) is 11.6. The van der Waals surface area contributed by atoms with Crippen molar-refractivity contribution in [2.45, 2.75) is 64.3 Å². The average molecular weight is 563 g/mol. The van der Waals surface area contributed by atoms with Crippen molar-refractivity contribution in [3.05, 3.63) is 58.8 Å². The van der Waals surface area contributed by atoms with Crippen molar-refractivity contribution in [3.8, 4) is 5.82 Å². The smallest absolute Gasteiger partial charge is 0.415 e. The summed E-state index contributed by atoms with van der Waals surface area (Å²) < 4.78 is 23.7. The molecule has 0 spiro atoms. The second-order valence-electron chi connectivity index (χ2n) is 11.6. The van der Waals surface area contributed by atoms with Gasteiger partial charge in [0.25, 0.3) is 5.56 Å². The van der Waals surface area contributed by atoms with Crippen molar-refractivity contribution in [2.75, 3.05) is 17.3 Å². The van der Waals surface area contributed by atoms with Crippen LogP contribution < -0.4 is 15.8 Å². The summed E-state index contributed by atoms with van der Waals surface area (Å²) in [5, 5.41) is 11.9. The van der Waals surface area contributed by atoms with Crippen LogP contribution >= 0.6 is 0 Å². The number of hydrogen-bond acceptors (Lipinski definition) is 8. The number of nitrogens with zero attached hydrogens (tertiary/aromatic N) is 7. The lowest BCUT2D eigenvalue weighted by Crippen LogP contribution is -2.35. The molecule has 0 bridgehead atoms. The quantitative estimate of drug-likeness (QED) is 0.312. The van der Waals surface area contributed by atoms with E-state index < -0.39 is 17.9 Å². The molecule has 0 saturated heterocycles. The minimum Gasteiger partial charge on any atom is -0.443 e. The minimum atomic E-state index is -0.976. The molecular weight excluding hydrogens is 531 g/mol. The Balaban J connectivity index is 1.38. The number of fused-ring (bicyclic) bond motifs is 1. The van der Waals surface area contributed by atoms with Crippen molar-refractivity contribution < 1.29 is 18.7 Å². The SMILES string of the molecule is CN(C(=O)OC(C)(C)C)c1cc(Nc2cccn(-c3ccn(C4CC4)n3)c2=O)nc2c(C(=O)C[C@@H]3C[C@@H]3F)cnn12. The molecule has 12 nitrogen and oxygen atoms in total. The van der Waals surface area contributed by atoms with E-state index in [2.05, 4.69) is 20.5 Å². The lowest BCUT2D eigenvalue weighted by Gasteiger charge is -2.25. The molecule has 1 amide bonds. The van der Waals surface area contributed by atoms with Gasteiger partial charge in [-0.25, -0.2) is 14.2 Å². The van der Waals surface area contributed by atoms with Gasteiger partial charge in [0, 0.05) is 43.9 Å². The van der Waals surface area contributed by atoms with Gasteiger partial charge in [0.1, 0.15) is 29.1 Å². The molecule has 214 valence electrons. The first-order valence-corrected chi connectivity index (χ1v) is 13.6. The van der Waals surface area contributed by atoms with Gasteiger partial charge in [-0.2, -0.15) is 14.7 Å². The topological polar surface area (TPSA) is 129 Å². The zero-order chi connectivity index (χ0) is 29.1. The van der Waals surface area contributed by atoms with Gasteiger partial charge in [0.05, 0.1) is 17.8 Å². The van der Waals surface area contributed by atoms with E-state index in [0.29, 0.717) is 18.3 Å². The van der Waals surface area contributed by atoms with Crippen LogP contribution in [0.25, 0.3) is 11.5 Å². The molecule has 0 unspecified atom stereocenters. The minimum absolute atomic E-state index is 0.0377. The summed E-state index contributed by atoms with van der Waals surface area (Å²) in [6.07, 6.45) is 5.77. The summed E-state index contributed by atoms with van der Waals surface area (Å²) in [6.45, 7) is 5.26. The van der Waals surface area contributed by atoms with Crippen LogP contribution in [-0.2, 0) is 4.74 Å². The zero-order valence-electron chi connectivity index (χ0n) is 23.2. The maximum Gasteiger partial charge on any atom is 0.415 e. The highest BCUT2D eigenvalue weighted by atomic mass is 19.1. The molecule has 4 aromatic heterocycles. The van der Waals surface area contributed by atoms with Crippen LogP contribution in [0.2, 0.25) is 0 Å². The van der Waals surface area contributed by atoms with E-state index in [1.54, 1.807) is 45.2 Å². The third-order valence-corrected chi connectivity index (χ3v) is 7.02. The number of carbonyl (C=O) groups excluding carboxylic acids is 2. The highest BCUT2D eigenvalue weighted by molar-refractivity contribution is 6.02. The van der Waals surface area contributed by atoms with Gasteiger partial charge in [-0.1, -0.05) is 0 Å². The maximum absolute atomic E-state index is 13.5. The number of ketones is 1. The molecule has 1 N–H and O–H groups in total. The molecule has 2 aliphatic rings. The maximum atomic E-state index is 13.5. The molecule has 4 aromatic rings. The molecule has 13 heteroatoms. The fourth-order valence-corrected chi connectivity index (χ4v) is 4.55. The van der Waals surface area contributed by atoms with Gasteiger partial charge in [0.2, 0.25) is 0 Å². The Hall–Kier alpha value is -4.55. The Labute approximate surface area is 234 Å². The average Bonchev–Trinajstić information content (AvgIpc) is 3.77. The van der Waals surface area contributed by atoms with Gasteiger partial charge in [0.15, 0.2) is 17.2 Å². The Kier molecular flexibility index (Phi) is 6.39. The van der Waals surface area contributed by atoms with Crippen molar-refractivity contribution in [1.29, 1.82) is 0 Å². The molecule has 2 aliphatic carbocycles. The van der Waals surface area contributed by atoms with Crippen LogP contribution in [0.4, 0.5) is 26.5 Å². The van der Waals surface area contributed by atoms with Gasteiger partial charge in [-0.15, -0.1) is 0 Å². The highest BCUT2D eigenvalue weighted by Gasteiger charge is 2.39. The summed E-state index contributed by atoms with van der Waals surface area (Å²) in [5.41, 5.74) is -0.534. The number of anilines is 3. The summed E-state index contributed by atoms with van der Waals surface area (Å²) in [6, 6.07) is 7.02.